The number of aromatic nitrogens is 5. The predicted molar refractivity (Wildman–Crippen MR) is 76.1 cm³/mol. The van der Waals surface area contributed by atoms with Crippen LogP contribution in [0.15, 0.2) is 41.3 Å². The average molecular weight is 299 g/mol. The molecule has 112 valence electrons. The van der Waals surface area contributed by atoms with Crippen molar-refractivity contribution in [2.24, 2.45) is 0 Å². The van der Waals surface area contributed by atoms with Gasteiger partial charge in [0.15, 0.2) is 0 Å². The topological polar surface area (TPSA) is 125 Å². The number of hydrogen-bond donors (Lipinski definition) is 2. The summed E-state index contributed by atoms with van der Waals surface area (Å²) in [6.45, 7) is 0.341. The third-order valence-corrected chi connectivity index (χ3v) is 2.85. The maximum Gasteiger partial charge on any atom is 0.269 e. The van der Waals surface area contributed by atoms with Crippen molar-refractivity contribution in [1.82, 2.24) is 30.2 Å². The first-order valence-electron chi connectivity index (χ1n) is 6.55. The first-order chi connectivity index (χ1) is 10.7. The number of rotatable bonds is 5. The molecule has 0 atom stereocenters. The molecule has 0 radical (unpaired) electrons. The normalized spacial score (nSPS) is 10.5. The van der Waals surface area contributed by atoms with E-state index in [2.05, 4.69) is 25.5 Å². The zero-order valence-electron chi connectivity index (χ0n) is 11.5. The lowest BCUT2D eigenvalue weighted by Gasteiger charge is -2.05. The largest absolute Gasteiger partial charge is 0.365 e. The zero-order valence-corrected chi connectivity index (χ0v) is 11.5. The molecular weight excluding hydrogens is 286 g/mol. The van der Waals surface area contributed by atoms with Gasteiger partial charge in [0.1, 0.15) is 5.69 Å². The van der Waals surface area contributed by atoms with Gasteiger partial charge >= 0.3 is 0 Å². The number of carbonyl (C=O) groups is 1. The van der Waals surface area contributed by atoms with Gasteiger partial charge in [-0.05, 0) is 23.4 Å². The number of nitrogens with one attached hydrogen (secondary N) is 1. The zero-order chi connectivity index (χ0) is 15.4. The molecule has 0 unspecified atom stereocenters. The molecule has 0 aromatic carbocycles. The van der Waals surface area contributed by atoms with Crippen LogP contribution in [-0.2, 0) is 6.42 Å². The van der Waals surface area contributed by atoms with E-state index in [1.165, 1.54) is 0 Å². The standard InChI is InChI=1S/C13H13N7O2/c14-13-18-11(22-19-13)3-6-16-12(21)10-8-9(2-5-15-10)20-7-1-4-17-20/h1-2,4-5,7-8H,3,6H2,(H2,14,19)(H,16,21). The number of nitrogens with two attached hydrogens (primary N) is 1. The van der Waals surface area contributed by atoms with Gasteiger partial charge in [-0.25, -0.2) is 4.68 Å². The Labute approximate surface area is 125 Å². The van der Waals surface area contributed by atoms with Crippen LogP contribution in [0, 0.1) is 0 Å². The molecule has 3 heterocycles. The van der Waals surface area contributed by atoms with Crippen LogP contribution in [0.2, 0.25) is 0 Å². The highest BCUT2D eigenvalue weighted by atomic mass is 16.5. The summed E-state index contributed by atoms with van der Waals surface area (Å²) in [5, 5.41) is 10.3. The molecule has 1 amide bonds. The summed E-state index contributed by atoms with van der Waals surface area (Å²) >= 11 is 0. The van der Waals surface area contributed by atoms with Crippen molar-refractivity contribution in [3.8, 4) is 5.69 Å². The summed E-state index contributed by atoms with van der Waals surface area (Å²) in [6.07, 6.45) is 5.41. The van der Waals surface area contributed by atoms with Crippen molar-refractivity contribution in [3.05, 3.63) is 48.4 Å². The van der Waals surface area contributed by atoms with Gasteiger partial charge in [-0.15, -0.1) is 0 Å². The van der Waals surface area contributed by atoms with Gasteiger partial charge in [-0.1, -0.05) is 0 Å². The van der Waals surface area contributed by atoms with E-state index < -0.39 is 0 Å². The third kappa shape index (κ3) is 3.08. The Kier molecular flexibility index (Phi) is 3.77. The molecule has 0 bridgehead atoms. The third-order valence-electron chi connectivity index (χ3n) is 2.85. The summed E-state index contributed by atoms with van der Waals surface area (Å²) < 4.78 is 6.51. The molecule has 3 aromatic heterocycles. The Hall–Kier alpha value is -3.23. The molecule has 3 rings (SSSR count). The number of nitrogens with zero attached hydrogens (tertiary/aromatic N) is 5. The molecule has 0 saturated carbocycles. The van der Waals surface area contributed by atoms with Crippen molar-refractivity contribution < 1.29 is 9.32 Å². The maximum atomic E-state index is 12.1. The number of nitrogen functional groups attached to an aromatic ring is 1. The molecule has 0 spiro atoms. The van der Waals surface area contributed by atoms with Crippen LogP contribution in [0.5, 0.6) is 0 Å². The second-order valence-corrected chi connectivity index (χ2v) is 4.40. The monoisotopic (exact) mass is 299 g/mol. The van der Waals surface area contributed by atoms with Crippen LogP contribution in [0.25, 0.3) is 5.69 Å². The summed E-state index contributed by atoms with van der Waals surface area (Å²) in [4.78, 5) is 20.0. The van der Waals surface area contributed by atoms with Crippen molar-refractivity contribution >= 4 is 11.9 Å². The van der Waals surface area contributed by atoms with Gasteiger partial charge in [0.2, 0.25) is 5.89 Å². The fraction of sp³-hybridized carbons (Fsp3) is 0.154. The number of pyridine rings is 1. The molecule has 22 heavy (non-hydrogen) atoms. The Morgan fingerprint density at radius 1 is 1.41 bits per heavy atom. The van der Waals surface area contributed by atoms with Gasteiger partial charge in [0.05, 0.1) is 5.69 Å². The highest BCUT2D eigenvalue weighted by Crippen LogP contribution is 2.07. The molecule has 3 aromatic rings. The molecular formula is C13H13N7O2. The fourth-order valence-electron chi connectivity index (χ4n) is 1.85. The lowest BCUT2D eigenvalue weighted by atomic mass is 10.3. The first kappa shape index (κ1) is 13.7. The minimum absolute atomic E-state index is 0.0786. The average Bonchev–Trinajstić information content (AvgIpc) is 3.19. The van der Waals surface area contributed by atoms with Crippen LogP contribution in [0.1, 0.15) is 16.4 Å². The SMILES string of the molecule is Nc1noc(CCNC(=O)c2cc(-n3cccn3)ccn2)n1. The summed E-state index contributed by atoms with van der Waals surface area (Å²) in [5.41, 5.74) is 6.41. The Balaban J connectivity index is 1.61. The minimum atomic E-state index is -0.290. The molecule has 0 aliphatic heterocycles. The van der Waals surface area contributed by atoms with Crippen molar-refractivity contribution in [2.75, 3.05) is 12.3 Å². The van der Waals surface area contributed by atoms with Crippen molar-refractivity contribution in [3.63, 3.8) is 0 Å². The number of carbonyl (C=O) groups excluding carboxylic acids is 1. The number of amides is 1. The number of anilines is 1. The second-order valence-electron chi connectivity index (χ2n) is 4.40. The Morgan fingerprint density at radius 2 is 2.32 bits per heavy atom. The molecule has 0 fully saturated rings. The van der Waals surface area contributed by atoms with Gasteiger partial charge in [0.25, 0.3) is 11.9 Å². The van der Waals surface area contributed by atoms with Gasteiger partial charge in [-0.3, -0.25) is 9.78 Å². The van der Waals surface area contributed by atoms with E-state index >= 15 is 0 Å². The summed E-state index contributed by atoms with van der Waals surface area (Å²) in [7, 11) is 0. The van der Waals surface area contributed by atoms with E-state index in [-0.39, 0.29) is 11.9 Å². The van der Waals surface area contributed by atoms with Gasteiger partial charge in [0, 0.05) is 31.6 Å². The highest BCUT2D eigenvalue weighted by molar-refractivity contribution is 5.92. The van der Waals surface area contributed by atoms with E-state index in [1.54, 1.807) is 41.5 Å². The van der Waals surface area contributed by atoms with Crippen LogP contribution in [0.3, 0.4) is 0 Å². The highest BCUT2D eigenvalue weighted by Gasteiger charge is 2.09. The van der Waals surface area contributed by atoms with Crippen LogP contribution in [0.4, 0.5) is 5.95 Å². The van der Waals surface area contributed by atoms with Crippen molar-refractivity contribution in [1.29, 1.82) is 0 Å². The Bertz CT molecular complexity index is 766. The molecule has 0 saturated heterocycles. The summed E-state index contributed by atoms with van der Waals surface area (Å²) in [5.74, 6) is 0.160. The van der Waals surface area contributed by atoms with Crippen LogP contribution >= 0.6 is 0 Å². The molecule has 9 heteroatoms. The van der Waals surface area contributed by atoms with Crippen LogP contribution in [-0.4, -0.2) is 37.4 Å². The van der Waals surface area contributed by atoms with E-state index in [0.717, 1.165) is 5.69 Å². The summed E-state index contributed by atoms with van der Waals surface area (Å²) in [6, 6.07) is 5.23. The predicted octanol–water partition coefficient (Wildman–Crippen LogP) is 0.205. The van der Waals surface area contributed by atoms with E-state index in [1.807, 2.05) is 0 Å². The molecule has 0 aliphatic rings. The lowest BCUT2D eigenvalue weighted by Crippen LogP contribution is -2.26. The van der Waals surface area contributed by atoms with Gasteiger partial charge in [-0.2, -0.15) is 10.1 Å². The first-order valence-corrected chi connectivity index (χ1v) is 6.55. The van der Waals surface area contributed by atoms with Gasteiger partial charge < -0.3 is 15.6 Å². The quantitative estimate of drug-likeness (QED) is 0.689. The lowest BCUT2D eigenvalue weighted by molar-refractivity contribution is 0.0948. The van der Waals surface area contributed by atoms with Crippen molar-refractivity contribution in [2.45, 2.75) is 6.42 Å². The second kappa shape index (κ2) is 6.04. The molecule has 9 nitrogen and oxygen atoms in total. The van der Waals surface area contributed by atoms with E-state index in [0.29, 0.717) is 24.6 Å². The smallest absolute Gasteiger partial charge is 0.269 e. The Morgan fingerprint density at radius 3 is 3.05 bits per heavy atom. The van der Waals surface area contributed by atoms with Crippen LogP contribution < -0.4 is 11.1 Å². The van der Waals surface area contributed by atoms with E-state index in [4.69, 9.17) is 10.3 Å². The fourth-order valence-corrected chi connectivity index (χ4v) is 1.85. The maximum absolute atomic E-state index is 12.1. The number of hydrogen-bond acceptors (Lipinski definition) is 7. The van der Waals surface area contributed by atoms with E-state index in [9.17, 15) is 4.79 Å². The molecule has 3 N–H and O–H groups in total. The molecule has 0 aliphatic carbocycles. The minimum Gasteiger partial charge on any atom is -0.365 e.